The molecule has 3 aliphatic heterocycles. The molecule has 5 heterocycles. The van der Waals surface area contributed by atoms with Crippen LogP contribution in [0.5, 0.6) is 0 Å². The highest BCUT2D eigenvalue weighted by molar-refractivity contribution is 7.19. The third-order valence-corrected chi connectivity index (χ3v) is 9.80. The van der Waals surface area contributed by atoms with Crippen LogP contribution in [0.15, 0.2) is 24.5 Å². The Morgan fingerprint density at radius 3 is 2.59 bits per heavy atom. The van der Waals surface area contributed by atoms with E-state index in [9.17, 15) is 9.59 Å². The van der Waals surface area contributed by atoms with E-state index in [-0.39, 0.29) is 18.3 Å². The number of imide groups is 1. The molecule has 1 atom stereocenters. The Bertz CT molecular complexity index is 1440. The molecule has 0 radical (unpaired) electrons. The van der Waals surface area contributed by atoms with Gasteiger partial charge in [-0.1, -0.05) is 11.6 Å². The maximum absolute atomic E-state index is 12.2. The van der Waals surface area contributed by atoms with Gasteiger partial charge in [-0.25, -0.2) is 9.97 Å². The van der Waals surface area contributed by atoms with Crippen molar-refractivity contribution in [2.75, 3.05) is 18.0 Å². The van der Waals surface area contributed by atoms with Gasteiger partial charge in [-0.2, -0.15) is 0 Å². The van der Waals surface area contributed by atoms with Crippen LogP contribution in [0.1, 0.15) is 55.4 Å². The minimum Gasteiger partial charge on any atom is -0.483 e. The van der Waals surface area contributed by atoms with E-state index in [2.05, 4.69) is 27.3 Å². The minimum atomic E-state index is -0.250. The summed E-state index contributed by atoms with van der Waals surface area (Å²) in [5, 5.41) is 11.5. The second kappa shape index (κ2) is 10.5. The lowest BCUT2D eigenvalue weighted by atomic mass is 9.75. The van der Waals surface area contributed by atoms with Crippen LogP contribution in [-0.4, -0.2) is 62.9 Å². The van der Waals surface area contributed by atoms with E-state index in [4.69, 9.17) is 26.5 Å². The number of amides is 2. The van der Waals surface area contributed by atoms with E-state index in [0.29, 0.717) is 31.0 Å². The first-order valence-electron chi connectivity index (χ1n) is 13.4. The average molecular weight is 568 g/mol. The summed E-state index contributed by atoms with van der Waals surface area (Å²) in [5.74, 6) is -0.199. The molecule has 1 aromatic carbocycles. The van der Waals surface area contributed by atoms with Crippen molar-refractivity contribution in [3.63, 3.8) is 0 Å². The van der Waals surface area contributed by atoms with Crippen molar-refractivity contribution in [1.82, 2.24) is 20.2 Å². The molecule has 204 valence electrons. The van der Waals surface area contributed by atoms with Crippen molar-refractivity contribution in [3.8, 4) is 11.3 Å². The van der Waals surface area contributed by atoms with Crippen molar-refractivity contribution >= 4 is 57.1 Å². The first kappa shape index (κ1) is 26.2. The topological polar surface area (TPSA) is 116 Å². The molecule has 2 aromatic heterocycles. The maximum atomic E-state index is 12.2. The number of hydrogen-bond donors (Lipinski definition) is 2. The van der Waals surface area contributed by atoms with Gasteiger partial charge >= 0.3 is 0 Å². The van der Waals surface area contributed by atoms with Crippen LogP contribution in [-0.2, 0) is 27.3 Å². The van der Waals surface area contributed by atoms with Crippen molar-refractivity contribution in [2.24, 2.45) is 0 Å². The number of hydrogen-bond acceptors (Lipinski definition) is 8. The summed E-state index contributed by atoms with van der Waals surface area (Å²) >= 11 is 8.23. The standard InChI is InChI=1S/C27H28ClN5O2S.CH2O2/c28-17-9-16-3-1-8-32(18-12-27(31-13-18)6-2-7-27)25(16)20(10-17)24-26-21(29-15-30-24)11-19(36-26)14-33-22(34)4-5-23(33)35;2-1-3/h9-11,15,18,31H,1-8,12-14H2;1H,(H,2,3)/t18-;/m0./s1. The fraction of sp³-hybridized carbons (Fsp3) is 0.464. The van der Waals surface area contributed by atoms with E-state index < -0.39 is 0 Å². The van der Waals surface area contributed by atoms with Gasteiger partial charge < -0.3 is 15.3 Å². The molecule has 2 amide bonds. The number of nitrogens with zero attached hydrogens (tertiary/aromatic N) is 4. The molecule has 7 rings (SSSR count). The van der Waals surface area contributed by atoms with Gasteiger partial charge in [0.05, 0.1) is 22.5 Å². The third kappa shape index (κ3) is 4.79. The number of benzene rings is 1. The van der Waals surface area contributed by atoms with Crippen molar-refractivity contribution in [2.45, 2.75) is 69.5 Å². The number of thiophene rings is 1. The maximum Gasteiger partial charge on any atom is 0.290 e. The summed E-state index contributed by atoms with van der Waals surface area (Å²) < 4.78 is 0.974. The van der Waals surface area contributed by atoms with E-state index in [1.54, 1.807) is 17.7 Å². The summed E-state index contributed by atoms with van der Waals surface area (Å²) in [4.78, 5) is 46.9. The van der Waals surface area contributed by atoms with Gasteiger partial charge in [0, 0.05) is 58.7 Å². The summed E-state index contributed by atoms with van der Waals surface area (Å²) in [6, 6.07) is 6.62. The van der Waals surface area contributed by atoms with Gasteiger partial charge in [0.15, 0.2) is 0 Å². The average Bonchev–Trinajstić information content (AvgIpc) is 3.61. The Balaban J connectivity index is 0.000000883. The summed E-state index contributed by atoms with van der Waals surface area (Å²) in [6.07, 6.45) is 9.42. The molecule has 9 nitrogen and oxygen atoms in total. The van der Waals surface area contributed by atoms with Gasteiger partial charge in [-0.15, -0.1) is 11.3 Å². The van der Waals surface area contributed by atoms with Crippen LogP contribution >= 0.6 is 22.9 Å². The number of fused-ring (bicyclic) bond motifs is 2. The number of nitrogens with one attached hydrogen (secondary N) is 1. The number of aromatic nitrogens is 2. The van der Waals surface area contributed by atoms with E-state index in [0.717, 1.165) is 57.3 Å². The predicted molar refractivity (Wildman–Crippen MR) is 150 cm³/mol. The Morgan fingerprint density at radius 1 is 1.13 bits per heavy atom. The van der Waals surface area contributed by atoms with E-state index in [1.807, 2.05) is 6.07 Å². The Kier molecular flexibility index (Phi) is 7.03. The Labute approximate surface area is 235 Å². The SMILES string of the molecule is O=C1CCC(=O)N1Cc1cc2ncnc(-c3cc(Cl)cc4c3N([C@@H]3CNC5(CCC5)C3)CCC4)c2s1.O=CO. The first-order chi connectivity index (χ1) is 18.9. The van der Waals surface area contributed by atoms with Gasteiger partial charge in [0.25, 0.3) is 6.47 Å². The number of carbonyl (C=O) groups excluding carboxylic acids is 2. The number of rotatable bonds is 4. The molecule has 0 bridgehead atoms. The van der Waals surface area contributed by atoms with Crippen LogP contribution in [0.25, 0.3) is 21.5 Å². The smallest absolute Gasteiger partial charge is 0.290 e. The first-order valence-corrected chi connectivity index (χ1v) is 14.6. The fourth-order valence-corrected chi connectivity index (χ4v) is 7.89. The molecule has 1 spiro atoms. The van der Waals surface area contributed by atoms with Gasteiger partial charge in [0.2, 0.25) is 11.8 Å². The summed E-state index contributed by atoms with van der Waals surface area (Å²) in [5.41, 5.74) is 5.66. The highest BCUT2D eigenvalue weighted by atomic mass is 35.5. The number of anilines is 1. The van der Waals surface area contributed by atoms with Crippen LogP contribution in [0.4, 0.5) is 5.69 Å². The molecule has 1 saturated carbocycles. The fourth-order valence-electron chi connectivity index (χ4n) is 6.55. The molecule has 1 aliphatic carbocycles. The molecular weight excluding hydrogens is 538 g/mol. The van der Waals surface area contributed by atoms with Gasteiger partial charge in [-0.3, -0.25) is 19.3 Å². The van der Waals surface area contributed by atoms with Crippen molar-refractivity contribution in [3.05, 3.63) is 40.0 Å². The normalized spacial score (nSPS) is 21.6. The molecule has 0 unspecified atom stereocenters. The largest absolute Gasteiger partial charge is 0.483 e. The predicted octanol–water partition coefficient (Wildman–Crippen LogP) is 4.40. The van der Waals surface area contributed by atoms with Gasteiger partial charge in [0.1, 0.15) is 6.33 Å². The van der Waals surface area contributed by atoms with Crippen LogP contribution < -0.4 is 10.2 Å². The Morgan fingerprint density at radius 2 is 1.90 bits per heavy atom. The highest BCUT2D eigenvalue weighted by Crippen LogP contribution is 2.46. The lowest BCUT2D eigenvalue weighted by Crippen LogP contribution is -2.46. The molecule has 3 aromatic rings. The second-order valence-electron chi connectivity index (χ2n) is 10.8. The number of carbonyl (C=O) groups is 3. The minimum absolute atomic E-state index is 0.0993. The zero-order valence-electron chi connectivity index (χ0n) is 21.5. The van der Waals surface area contributed by atoms with Crippen LogP contribution in [0, 0.1) is 0 Å². The molecule has 11 heteroatoms. The molecule has 2 saturated heterocycles. The zero-order chi connectivity index (χ0) is 27.1. The Hall–Kier alpha value is -3.08. The quantitative estimate of drug-likeness (QED) is 0.352. The molecule has 4 aliphatic rings. The molecule has 2 N–H and O–H groups in total. The summed E-state index contributed by atoms with van der Waals surface area (Å²) in [7, 11) is 0. The van der Waals surface area contributed by atoms with Gasteiger partial charge in [-0.05, 0) is 62.3 Å². The summed E-state index contributed by atoms with van der Waals surface area (Å²) in [6.45, 7) is 2.10. The number of likely N-dealkylation sites (tertiary alicyclic amines) is 1. The van der Waals surface area contributed by atoms with Crippen LogP contribution in [0.3, 0.4) is 0 Å². The van der Waals surface area contributed by atoms with Crippen LogP contribution in [0.2, 0.25) is 5.02 Å². The van der Waals surface area contributed by atoms with E-state index >= 15 is 0 Å². The molecule has 39 heavy (non-hydrogen) atoms. The highest BCUT2D eigenvalue weighted by Gasteiger charge is 2.45. The number of halogens is 1. The zero-order valence-corrected chi connectivity index (χ0v) is 23.1. The molecule has 3 fully saturated rings. The second-order valence-corrected chi connectivity index (χ2v) is 12.3. The lowest BCUT2D eigenvalue weighted by molar-refractivity contribution is -0.139. The number of carboxylic acid groups (broad SMARTS) is 1. The lowest BCUT2D eigenvalue weighted by Gasteiger charge is -2.41. The third-order valence-electron chi connectivity index (χ3n) is 8.46. The molecular formula is C28H30ClN5O4S. The van der Waals surface area contributed by atoms with Crippen molar-refractivity contribution in [1.29, 1.82) is 0 Å². The number of aryl methyl sites for hydroxylation is 1. The monoisotopic (exact) mass is 567 g/mol. The van der Waals surface area contributed by atoms with Crippen molar-refractivity contribution < 1.29 is 19.5 Å². The van der Waals surface area contributed by atoms with E-state index in [1.165, 1.54) is 41.8 Å².